The number of aliphatic carboxylic acids is 2. The predicted octanol–water partition coefficient (Wildman–Crippen LogP) is 3.91. The number of hydrogen-bond donors (Lipinski definition) is 3. The summed E-state index contributed by atoms with van der Waals surface area (Å²) in [6.45, 7) is 8.44. The zero-order valence-electron chi connectivity index (χ0n) is 15.9. The molecule has 1 unspecified atom stereocenters. The Hall–Kier alpha value is -1.88. The van der Waals surface area contributed by atoms with E-state index in [0.717, 1.165) is 31.2 Å². The van der Waals surface area contributed by atoms with Crippen LogP contribution >= 0.6 is 0 Å². The second kappa shape index (κ2) is 12.5. The molecular formula is C20H33NO4. The van der Waals surface area contributed by atoms with E-state index in [4.69, 9.17) is 15.9 Å². The molecule has 0 radical (unpaired) electrons. The molecule has 1 aromatic carbocycles. The van der Waals surface area contributed by atoms with Crippen molar-refractivity contribution in [1.29, 1.82) is 0 Å². The Morgan fingerprint density at radius 3 is 1.92 bits per heavy atom. The van der Waals surface area contributed by atoms with E-state index in [1.54, 1.807) is 13.8 Å². The van der Waals surface area contributed by atoms with Gasteiger partial charge in [0.2, 0.25) is 0 Å². The van der Waals surface area contributed by atoms with Gasteiger partial charge in [0.05, 0.1) is 11.8 Å². The monoisotopic (exact) mass is 351 g/mol. The van der Waals surface area contributed by atoms with Crippen LogP contribution < -0.4 is 5.73 Å². The molecule has 25 heavy (non-hydrogen) atoms. The lowest BCUT2D eigenvalue weighted by Crippen LogP contribution is -2.09. The topological polar surface area (TPSA) is 101 Å². The molecule has 0 amide bonds. The molecule has 0 bridgehead atoms. The molecule has 0 saturated heterocycles. The number of carbonyl (C=O) groups is 2. The molecule has 0 aliphatic heterocycles. The summed E-state index contributed by atoms with van der Waals surface area (Å²) in [6.07, 6.45) is 3.63. The van der Waals surface area contributed by atoms with E-state index in [9.17, 15) is 9.59 Å². The van der Waals surface area contributed by atoms with Gasteiger partial charge in [-0.3, -0.25) is 9.59 Å². The highest BCUT2D eigenvalue weighted by Gasteiger charge is 2.13. The van der Waals surface area contributed by atoms with Gasteiger partial charge in [0.15, 0.2) is 0 Å². The number of benzene rings is 1. The average Bonchev–Trinajstić information content (AvgIpc) is 2.55. The van der Waals surface area contributed by atoms with E-state index in [1.165, 1.54) is 5.56 Å². The molecule has 0 saturated carbocycles. The second-order valence-corrected chi connectivity index (χ2v) is 6.92. The third-order valence-electron chi connectivity index (χ3n) is 4.01. The van der Waals surface area contributed by atoms with Crippen molar-refractivity contribution >= 4 is 11.9 Å². The molecule has 4 N–H and O–H groups in total. The summed E-state index contributed by atoms with van der Waals surface area (Å²) in [7, 11) is 0. The van der Waals surface area contributed by atoms with Gasteiger partial charge >= 0.3 is 11.9 Å². The summed E-state index contributed by atoms with van der Waals surface area (Å²) in [5, 5.41) is 17.3. The number of rotatable bonds is 9. The fourth-order valence-electron chi connectivity index (χ4n) is 2.27. The average molecular weight is 351 g/mol. The Morgan fingerprint density at radius 2 is 1.52 bits per heavy atom. The van der Waals surface area contributed by atoms with Gasteiger partial charge < -0.3 is 15.9 Å². The van der Waals surface area contributed by atoms with E-state index >= 15 is 0 Å². The first-order valence-corrected chi connectivity index (χ1v) is 8.93. The summed E-state index contributed by atoms with van der Waals surface area (Å²) < 4.78 is 0. The molecule has 5 heteroatoms. The van der Waals surface area contributed by atoms with Crippen molar-refractivity contribution in [3.05, 3.63) is 35.4 Å². The Kier molecular flexibility index (Phi) is 11.5. The summed E-state index contributed by atoms with van der Waals surface area (Å²) in [4.78, 5) is 21.0. The molecule has 0 aromatic heterocycles. The van der Waals surface area contributed by atoms with Crippen LogP contribution in [0.1, 0.15) is 64.0 Å². The molecule has 0 aliphatic rings. The van der Waals surface area contributed by atoms with E-state index in [1.807, 2.05) is 24.3 Å². The molecule has 1 aromatic rings. The molecular weight excluding hydrogens is 318 g/mol. The van der Waals surface area contributed by atoms with Gasteiger partial charge in [-0.05, 0) is 49.8 Å². The van der Waals surface area contributed by atoms with Crippen LogP contribution in [-0.4, -0.2) is 28.7 Å². The lowest BCUT2D eigenvalue weighted by atomic mass is 9.97. The van der Waals surface area contributed by atoms with Crippen LogP contribution in [0.4, 0.5) is 0 Å². The maximum absolute atomic E-state index is 10.8. The molecule has 1 rings (SSSR count). The number of carboxylic acid groups (broad SMARTS) is 2. The fraction of sp³-hybridized carbons (Fsp3) is 0.600. The number of unbranched alkanes of at least 4 members (excludes halogenated alkanes) is 1. The van der Waals surface area contributed by atoms with Crippen molar-refractivity contribution in [2.75, 3.05) is 6.54 Å². The first-order chi connectivity index (χ1) is 11.7. The minimum absolute atomic E-state index is 0.216. The Balaban J connectivity index is 0.000000504. The van der Waals surface area contributed by atoms with Crippen molar-refractivity contribution < 1.29 is 19.8 Å². The number of carboxylic acids is 2. The van der Waals surface area contributed by atoms with Crippen LogP contribution in [0.5, 0.6) is 0 Å². The standard InChI is InChI=1S/C13H18O2.C7H15NO2/c1-9(2)8-11-4-6-12(7-5-11)10(3)13(14)15;1-6(7(9)10)4-2-3-5-8/h4-7,9-10H,8H2,1-3H3,(H,14,15);6H,2-5,8H2,1H3,(H,9,10)/t;6-/m.0/s1. The van der Waals surface area contributed by atoms with Crippen molar-refractivity contribution in [1.82, 2.24) is 0 Å². The van der Waals surface area contributed by atoms with Gasteiger partial charge in [-0.25, -0.2) is 0 Å². The second-order valence-electron chi connectivity index (χ2n) is 6.92. The maximum Gasteiger partial charge on any atom is 0.310 e. The van der Waals surface area contributed by atoms with Crippen LogP contribution in [0, 0.1) is 11.8 Å². The van der Waals surface area contributed by atoms with E-state index in [0.29, 0.717) is 12.5 Å². The first-order valence-electron chi connectivity index (χ1n) is 8.93. The first kappa shape index (κ1) is 23.1. The highest BCUT2D eigenvalue weighted by molar-refractivity contribution is 5.75. The summed E-state index contributed by atoms with van der Waals surface area (Å²) >= 11 is 0. The molecule has 0 fully saturated rings. The molecule has 2 atom stereocenters. The van der Waals surface area contributed by atoms with Crippen LogP contribution in [0.2, 0.25) is 0 Å². The zero-order valence-corrected chi connectivity index (χ0v) is 15.9. The van der Waals surface area contributed by atoms with Gasteiger partial charge in [0, 0.05) is 0 Å². The Bertz CT molecular complexity index is 511. The summed E-state index contributed by atoms with van der Waals surface area (Å²) in [6, 6.07) is 7.87. The zero-order chi connectivity index (χ0) is 19.4. The predicted molar refractivity (Wildman–Crippen MR) is 101 cm³/mol. The highest BCUT2D eigenvalue weighted by atomic mass is 16.4. The SMILES string of the molecule is CC(C)Cc1ccc(C(C)C(=O)O)cc1.C[C@@H](CCCCN)C(=O)O. The van der Waals surface area contributed by atoms with E-state index < -0.39 is 17.9 Å². The minimum atomic E-state index is -0.772. The fourth-order valence-corrected chi connectivity index (χ4v) is 2.27. The van der Waals surface area contributed by atoms with Gasteiger partial charge in [0.1, 0.15) is 0 Å². The molecule has 5 nitrogen and oxygen atoms in total. The Morgan fingerprint density at radius 1 is 0.960 bits per heavy atom. The van der Waals surface area contributed by atoms with Crippen molar-refractivity contribution in [3.8, 4) is 0 Å². The normalized spacial score (nSPS) is 12.9. The smallest absolute Gasteiger partial charge is 0.310 e. The van der Waals surface area contributed by atoms with Gasteiger partial charge in [-0.15, -0.1) is 0 Å². The van der Waals surface area contributed by atoms with Crippen molar-refractivity contribution in [2.24, 2.45) is 17.6 Å². The van der Waals surface area contributed by atoms with Gasteiger partial charge in [-0.2, -0.15) is 0 Å². The number of nitrogens with two attached hydrogens (primary N) is 1. The molecule has 0 spiro atoms. The Labute approximate surface area is 151 Å². The van der Waals surface area contributed by atoms with E-state index in [-0.39, 0.29) is 5.92 Å². The van der Waals surface area contributed by atoms with Crippen LogP contribution in [0.25, 0.3) is 0 Å². The minimum Gasteiger partial charge on any atom is -0.481 e. The maximum atomic E-state index is 10.8. The summed E-state index contributed by atoms with van der Waals surface area (Å²) in [5.41, 5.74) is 7.38. The van der Waals surface area contributed by atoms with Gasteiger partial charge in [-0.1, -0.05) is 51.5 Å². The largest absolute Gasteiger partial charge is 0.481 e. The van der Waals surface area contributed by atoms with Crippen LogP contribution in [0.15, 0.2) is 24.3 Å². The van der Waals surface area contributed by atoms with Crippen LogP contribution in [-0.2, 0) is 16.0 Å². The van der Waals surface area contributed by atoms with Crippen molar-refractivity contribution in [2.45, 2.75) is 59.3 Å². The molecule has 142 valence electrons. The number of hydrogen-bond acceptors (Lipinski definition) is 3. The van der Waals surface area contributed by atoms with Crippen LogP contribution in [0.3, 0.4) is 0 Å². The van der Waals surface area contributed by atoms with Gasteiger partial charge in [0.25, 0.3) is 0 Å². The highest BCUT2D eigenvalue weighted by Crippen LogP contribution is 2.17. The third-order valence-corrected chi connectivity index (χ3v) is 4.01. The lowest BCUT2D eigenvalue weighted by Gasteiger charge is -2.09. The molecule has 0 aliphatic carbocycles. The van der Waals surface area contributed by atoms with E-state index in [2.05, 4.69) is 13.8 Å². The van der Waals surface area contributed by atoms with Crippen molar-refractivity contribution in [3.63, 3.8) is 0 Å². The third kappa shape index (κ3) is 10.6. The molecule has 0 heterocycles. The summed E-state index contributed by atoms with van der Waals surface area (Å²) in [5.74, 6) is -1.49. The quantitative estimate of drug-likeness (QED) is 0.586. The lowest BCUT2D eigenvalue weighted by molar-refractivity contribution is -0.141.